The summed E-state index contributed by atoms with van der Waals surface area (Å²) in [4.78, 5) is 16.6. The molecular weight excluding hydrogens is 290 g/mol. The number of carbonyl (C=O) groups excluding carboxylic acids is 1. The van der Waals surface area contributed by atoms with Gasteiger partial charge in [-0.1, -0.05) is 18.2 Å². The first-order valence-corrected chi connectivity index (χ1v) is 8.25. The molecule has 0 radical (unpaired) electrons. The van der Waals surface area contributed by atoms with E-state index in [0.29, 0.717) is 12.6 Å². The molecule has 1 aromatic carbocycles. The summed E-state index contributed by atoms with van der Waals surface area (Å²) in [6.07, 6.45) is 0. The molecule has 2 atom stereocenters. The lowest BCUT2D eigenvalue weighted by Crippen LogP contribution is -2.53. The van der Waals surface area contributed by atoms with Crippen molar-refractivity contribution in [2.24, 2.45) is 0 Å². The van der Waals surface area contributed by atoms with Gasteiger partial charge in [0.05, 0.1) is 12.6 Å². The number of piperazine rings is 1. The normalized spacial score (nSPS) is 20.6. The summed E-state index contributed by atoms with van der Waals surface area (Å²) in [6.45, 7) is 7.43. The number of likely N-dealkylation sites (N-methyl/N-ethyl adjacent to an activating group) is 1. The van der Waals surface area contributed by atoms with Crippen LogP contribution in [-0.2, 0) is 4.79 Å². The van der Waals surface area contributed by atoms with Crippen molar-refractivity contribution in [1.29, 1.82) is 0 Å². The highest BCUT2D eigenvalue weighted by Gasteiger charge is 2.25. The van der Waals surface area contributed by atoms with Crippen LogP contribution < -0.4 is 5.32 Å². The summed E-state index contributed by atoms with van der Waals surface area (Å²) in [5.74, 6) is 0.960. The minimum Gasteiger partial charge on any atom is -0.459 e. The first-order valence-electron chi connectivity index (χ1n) is 8.25. The first-order chi connectivity index (χ1) is 11.1. The molecule has 0 saturated carbocycles. The smallest absolute Gasteiger partial charge is 0.237 e. The van der Waals surface area contributed by atoms with Gasteiger partial charge in [-0.15, -0.1) is 0 Å². The van der Waals surface area contributed by atoms with Crippen LogP contribution in [0.15, 0.2) is 34.7 Å². The number of nitrogens with zero attached hydrogens (tertiary/aromatic N) is 2. The Labute approximate surface area is 137 Å². The van der Waals surface area contributed by atoms with Gasteiger partial charge in [0.2, 0.25) is 5.91 Å². The van der Waals surface area contributed by atoms with Crippen molar-refractivity contribution in [2.45, 2.75) is 25.9 Å². The fourth-order valence-corrected chi connectivity index (χ4v) is 3.02. The van der Waals surface area contributed by atoms with Gasteiger partial charge in [0.1, 0.15) is 11.3 Å². The molecule has 124 valence electrons. The van der Waals surface area contributed by atoms with Gasteiger partial charge in [-0.3, -0.25) is 9.69 Å². The van der Waals surface area contributed by atoms with Crippen molar-refractivity contribution in [2.75, 3.05) is 33.2 Å². The first kappa shape index (κ1) is 16.0. The number of rotatable bonds is 4. The van der Waals surface area contributed by atoms with Gasteiger partial charge in [0.15, 0.2) is 0 Å². The molecule has 1 fully saturated rings. The molecule has 5 nitrogen and oxygen atoms in total. The van der Waals surface area contributed by atoms with E-state index in [1.165, 1.54) is 0 Å². The minimum atomic E-state index is -0.0758. The van der Waals surface area contributed by atoms with Crippen LogP contribution in [-0.4, -0.2) is 55.0 Å². The molecule has 1 N–H and O–H groups in total. The molecule has 1 saturated heterocycles. The third kappa shape index (κ3) is 3.41. The third-order valence-corrected chi connectivity index (χ3v) is 4.81. The highest BCUT2D eigenvalue weighted by molar-refractivity contribution is 5.80. The Morgan fingerprint density at radius 1 is 1.48 bits per heavy atom. The maximum Gasteiger partial charge on any atom is 0.237 e. The maximum atomic E-state index is 12.6. The molecular formula is C18H25N3O2. The standard InChI is InChI=1S/C18H25N3O2/c1-13-11-19-8-9-21(13)12-18(22)20(3)14(2)17-10-15-6-4-5-7-16(15)23-17/h4-7,10,13-14,19H,8-9,11-12H2,1-3H3/t13-,14?/m1/s1. The zero-order valence-electron chi connectivity index (χ0n) is 14.1. The van der Waals surface area contributed by atoms with Gasteiger partial charge in [-0.2, -0.15) is 0 Å². The summed E-state index contributed by atoms with van der Waals surface area (Å²) in [6, 6.07) is 10.3. The predicted molar refractivity (Wildman–Crippen MR) is 91.3 cm³/mol. The van der Waals surface area contributed by atoms with Crippen LogP contribution in [0.2, 0.25) is 0 Å². The average molecular weight is 315 g/mol. The van der Waals surface area contributed by atoms with Crippen LogP contribution >= 0.6 is 0 Å². The van der Waals surface area contributed by atoms with E-state index in [1.807, 2.05) is 44.3 Å². The second kappa shape index (κ2) is 6.72. The van der Waals surface area contributed by atoms with Crippen LogP contribution in [0.3, 0.4) is 0 Å². The molecule has 2 heterocycles. The Balaban J connectivity index is 1.68. The second-order valence-corrected chi connectivity index (χ2v) is 6.39. The van der Waals surface area contributed by atoms with Crippen molar-refractivity contribution >= 4 is 16.9 Å². The monoisotopic (exact) mass is 315 g/mol. The van der Waals surface area contributed by atoms with Crippen LogP contribution in [0, 0.1) is 0 Å². The van der Waals surface area contributed by atoms with E-state index in [0.717, 1.165) is 36.4 Å². The number of fused-ring (bicyclic) bond motifs is 1. The largest absolute Gasteiger partial charge is 0.459 e. The van der Waals surface area contributed by atoms with E-state index < -0.39 is 0 Å². The van der Waals surface area contributed by atoms with E-state index in [2.05, 4.69) is 17.1 Å². The number of para-hydroxylation sites is 1. The summed E-state index contributed by atoms with van der Waals surface area (Å²) in [5, 5.41) is 4.42. The van der Waals surface area contributed by atoms with E-state index >= 15 is 0 Å². The van der Waals surface area contributed by atoms with Crippen molar-refractivity contribution in [1.82, 2.24) is 15.1 Å². The number of furan rings is 1. The Hall–Kier alpha value is -1.85. The lowest BCUT2D eigenvalue weighted by Gasteiger charge is -2.35. The van der Waals surface area contributed by atoms with Crippen molar-refractivity contribution in [3.8, 4) is 0 Å². The molecule has 0 aliphatic carbocycles. The summed E-state index contributed by atoms with van der Waals surface area (Å²) in [7, 11) is 1.85. The van der Waals surface area contributed by atoms with Gasteiger partial charge in [-0.25, -0.2) is 0 Å². The average Bonchev–Trinajstić information content (AvgIpc) is 2.99. The zero-order valence-corrected chi connectivity index (χ0v) is 14.1. The Kier molecular flexibility index (Phi) is 4.68. The molecule has 1 aliphatic rings. The molecule has 3 rings (SSSR count). The minimum absolute atomic E-state index is 0.0758. The summed E-state index contributed by atoms with van der Waals surface area (Å²) in [5.41, 5.74) is 0.867. The molecule has 23 heavy (non-hydrogen) atoms. The Bertz CT molecular complexity index is 649. The fraction of sp³-hybridized carbons (Fsp3) is 0.500. The number of hydrogen-bond acceptors (Lipinski definition) is 4. The predicted octanol–water partition coefficient (Wildman–Crippen LogP) is 2.25. The number of carbonyl (C=O) groups is 1. The molecule has 1 unspecified atom stereocenters. The van der Waals surface area contributed by atoms with E-state index in [4.69, 9.17) is 4.42 Å². The third-order valence-electron chi connectivity index (χ3n) is 4.81. The van der Waals surface area contributed by atoms with Crippen molar-refractivity contribution < 1.29 is 9.21 Å². The molecule has 1 amide bonds. The molecule has 1 aliphatic heterocycles. The van der Waals surface area contributed by atoms with Crippen LogP contribution in [0.4, 0.5) is 0 Å². The van der Waals surface area contributed by atoms with Crippen LogP contribution in [0.5, 0.6) is 0 Å². The Morgan fingerprint density at radius 3 is 3.00 bits per heavy atom. The SMILES string of the molecule is CC(c1cc2ccccc2o1)N(C)C(=O)CN1CCNC[C@H]1C. The van der Waals surface area contributed by atoms with Crippen molar-refractivity contribution in [3.63, 3.8) is 0 Å². The van der Waals surface area contributed by atoms with Gasteiger partial charge in [0, 0.05) is 38.1 Å². The van der Waals surface area contributed by atoms with Gasteiger partial charge < -0.3 is 14.6 Å². The van der Waals surface area contributed by atoms with Gasteiger partial charge >= 0.3 is 0 Å². The lowest BCUT2D eigenvalue weighted by atomic mass is 10.2. The fourth-order valence-electron chi connectivity index (χ4n) is 3.02. The zero-order chi connectivity index (χ0) is 16.4. The lowest BCUT2D eigenvalue weighted by molar-refractivity contribution is -0.134. The van der Waals surface area contributed by atoms with Gasteiger partial charge in [0.25, 0.3) is 0 Å². The molecule has 0 bridgehead atoms. The van der Waals surface area contributed by atoms with E-state index in [9.17, 15) is 4.79 Å². The number of hydrogen-bond donors (Lipinski definition) is 1. The second-order valence-electron chi connectivity index (χ2n) is 6.39. The molecule has 0 spiro atoms. The number of benzene rings is 1. The van der Waals surface area contributed by atoms with Crippen LogP contribution in [0.1, 0.15) is 25.6 Å². The Morgan fingerprint density at radius 2 is 2.26 bits per heavy atom. The number of nitrogens with one attached hydrogen (secondary N) is 1. The maximum absolute atomic E-state index is 12.6. The van der Waals surface area contributed by atoms with Crippen LogP contribution in [0.25, 0.3) is 11.0 Å². The highest BCUT2D eigenvalue weighted by atomic mass is 16.3. The van der Waals surface area contributed by atoms with E-state index in [1.54, 1.807) is 4.90 Å². The van der Waals surface area contributed by atoms with Crippen molar-refractivity contribution in [3.05, 3.63) is 36.1 Å². The quantitative estimate of drug-likeness (QED) is 0.940. The topological polar surface area (TPSA) is 48.7 Å². The summed E-state index contributed by atoms with van der Waals surface area (Å²) >= 11 is 0. The number of amides is 1. The highest BCUT2D eigenvalue weighted by Crippen LogP contribution is 2.26. The molecule has 1 aromatic heterocycles. The van der Waals surface area contributed by atoms with E-state index in [-0.39, 0.29) is 11.9 Å². The molecule has 5 heteroatoms. The molecule has 2 aromatic rings. The summed E-state index contributed by atoms with van der Waals surface area (Å²) < 4.78 is 5.89. The van der Waals surface area contributed by atoms with Gasteiger partial charge in [-0.05, 0) is 26.0 Å².